The minimum absolute atomic E-state index is 0.0105. The lowest BCUT2D eigenvalue weighted by atomic mass is 10.1. The molecule has 0 saturated carbocycles. The highest BCUT2D eigenvalue weighted by atomic mass is 19.3. The lowest BCUT2D eigenvalue weighted by Crippen LogP contribution is -2.41. The number of aliphatic imine (C=N–C) groups is 1. The molecule has 1 atom stereocenters. The maximum absolute atomic E-state index is 13.4. The van der Waals surface area contributed by atoms with E-state index < -0.39 is 5.92 Å². The molecule has 5 heteroatoms. The van der Waals surface area contributed by atoms with E-state index in [1.54, 1.807) is 18.3 Å². The number of rotatable bonds is 9. The first-order chi connectivity index (χ1) is 12.2. The minimum atomic E-state index is -2.84. The third kappa shape index (κ3) is 6.28. The Morgan fingerprint density at radius 3 is 2.38 bits per heavy atom. The summed E-state index contributed by atoms with van der Waals surface area (Å²) in [5.41, 5.74) is 1.34. The molecule has 0 amide bonds. The van der Waals surface area contributed by atoms with Gasteiger partial charge in [0.25, 0.3) is 5.92 Å². The Kier molecular flexibility index (Phi) is 8.49. The summed E-state index contributed by atoms with van der Waals surface area (Å²) in [5, 5.41) is 3.20. The molecule has 0 aliphatic rings. The Labute approximate surface area is 156 Å². The molecule has 3 nitrogen and oxygen atoms in total. The second-order valence-electron chi connectivity index (χ2n) is 6.46. The van der Waals surface area contributed by atoms with E-state index in [4.69, 9.17) is 0 Å². The van der Waals surface area contributed by atoms with Gasteiger partial charge in [-0.15, -0.1) is 0 Å². The molecular formula is C21H31F2N3. The fourth-order valence-electron chi connectivity index (χ4n) is 2.54. The van der Waals surface area contributed by atoms with Crippen LogP contribution in [0.5, 0.6) is 0 Å². The van der Waals surface area contributed by atoms with Crippen molar-refractivity contribution in [3.63, 3.8) is 0 Å². The maximum Gasteiger partial charge on any atom is 0.270 e. The molecule has 0 spiro atoms. The Bertz CT molecular complexity index is 628. The van der Waals surface area contributed by atoms with E-state index in [0.717, 1.165) is 32.1 Å². The van der Waals surface area contributed by atoms with Crippen molar-refractivity contribution in [3.05, 3.63) is 54.4 Å². The third-order valence-electron chi connectivity index (χ3n) is 4.16. The monoisotopic (exact) mass is 363 g/mol. The highest BCUT2D eigenvalue weighted by molar-refractivity contribution is 6.00. The molecule has 0 aliphatic carbocycles. The zero-order valence-electron chi connectivity index (χ0n) is 16.5. The van der Waals surface area contributed by atoms with Gasteiger partial charge in [0.1, 0.15) is 0 Å². The van der Waals surface area contributed by atoms with Gasteiger partial charge < -0.3 is 10.2 Å². The number of nitrogens with zero attached hydrogens (tertiary/aromatic N) is 2. The zero-order valence-corrected chi connectivity index (χ0v) is 16.5. The predicted octanol–water partition coefficient (Wildman–Crippen LogP) is 6.17. The van der Waals surface area contributed by atoms with E-state index in [2.05, 4.69) is 42.6 Å². The standard InChI is InChI=1S/C21H31F2N3/c1-7-14-24-20(26(15-8-2)16(4)9-3)17(5)25-19-12-10-18(11-13-19)21(6,22)23/h7,10-14,16,25H,5,8-9,15H2,1-4,6H3/b14-7-,24-20+. The van der Waals surface area contributed by atoms with E-state index in [-0.39, 0.29) is 5.56 Å². The summed E-state index contributed by atoms with van der Waals surface area (Å²) in [7, 11) is 0. The van der Waals surface area contributed by atoms with Crippen LogP contribution in [0.1, 0.15) is 53.0 Å². The number of nitrogens with one attached hydrogen (secondary N) is 1. The van der Waals surface area contributed by atoms with Crippen molar-refractivity contribution in [1.29, 1.82) is 0 Å². The summed E-state index contributed by atoms with van der Waals surface area (Å²) in [6, 6.07) is 6.45. The van der Waals surface area contributed by atoms with Gasteiger partial charge in [-0.25, -0.2) is 13.8 Å². The molecule has 0 aromatic heterocycles. The fourth-order valence-corrected chi connectivity index (χ4v) is 2.54. The average molecular weight is 363 g/mol. The summed E-state index contributed by atoms with van der Waals surface area (Å²) >= 11 is 0. The SMILES string of the molecule is C=C(Nc1ccc(C(C)(F)F)cc1)/C(=N\C=C/C)N(CCC)C(C)CC. The normalized spacial score (nSPS) is 13.7. The van der Waals surface area contributed by atoms with Gasteiger partial charge in [0.15, 0.2) is 5.84 Å². The molecule has 1 rings (SSSR count). The molecule has 1 aromatic carbocycles. The van der Waals surface area contributed by atoms with Gasteiger partial charge in [0.05, 0.1) is 5.70 Å². The number of amidine groups is 1. The first-order valence-corrected chi connectivity index (χ1v) is 9.14. The largest absolute Gasteiger partial charge is 0.353 e. The maximum atomic E-state index is 13.4. The van der Waals surface area contributed by atoms with Crippen LogP contribution in [0.25, 0.3) is 0 Å². The summed E-state index contributed by atoms with van der Waals surface area (Å²) in [5.74, 6) is -2.08. The van der Waals surface area contributed by atoms with Crippen LogP contribution in [0.15, 0.2) is 53.8 Å². The summed E-state index contributed by atoms with van der Waals surface area (Å²) in [4.78, 5) is 6.79. The van der Waals surface area contributed by atoms with Crippen LogP contribution in [0.4, 0.5) is 14.5 Å². The molecule has 1 N–H and O–H groups in total. The van der Waals surface area contributed by atoms with Crippen molar-refractivity contribution in [2.75, 3.05) is 11.9 Å². The van der Waals surface area contributed by atoms with E-state index >= 15 is 0 Å². The van der Waals surface area contributed by atoms with E-state index in [0.29, 0.717) is 17.4 Å². The number of alkyl halides is 2. The van der Waals surface area contributed by atoms with Crippen LogP contribution in [0, 0.1) is 0 Å². The predicted molar refractivity (Wildman–Crippen MR) is 108 cm³/mol. The first kappa shape index (κ1) is 21.9. The number of anilines is 1. The van der Waals surface area contributed by atoms with Crippen LogP contribution in [-0.4, -0.2) is 23.3 Å². The molecule has 1 aromatic rings. The van der Waals surface area contributed by atoms with Crippen molar-refractivity contribution in [3.8, 4) is 0 Å². The molecule has 26 heavy (non-hydrogen) atoms. The molecule has 0 fully saturated rings. The third-order valence-corrected chi connectivity index (χ3v) is 4.16. The van der Waals surface area contributed by atoms with Gasteiger partial charge in [-0.1, -0.05) is 38.6 Å². The highest BCUT2D eigenvalue weighted by Crippen LogP contribution is 2.28. The van der Waals surface area contributed by atoms with E-state index in [1.807, 2.05) is 13.0 Å². The minimum Gasteiger partial charge on any atom is -0.353 e. The number of hydrogen-bond donors (Lipinski definition) is 1. The van der Waals surface area contributed by atoms with Gasteiger partial charge in [0.2, 0.25) is 0 Å². The lowest BCUT2D eigenvalue weighted by molar-refractivity contribution is 0.0175. The molecule has 1 unspecified atom stereocenters. The Balaban J connectivity index is 3.06. The molecule has 0 heterocycles. The lowest BCUT2D eigenvalue weighted by Gasteiger charge is -2.32. The Morgan fingerprint density at radius 1 is 1.31 bits per heavy atom. The van der Waals surface area contributed by atoms with Crippen LogP contribution in [0.3, 0.4) is 0 Å². The van der Waals surface area contributed by atoms with Crippen molar-refractivity contribution >= 4 is 11.5 Å². The summed E-state index contributed by atoms with van der Waals surface area (Å²) in [6.07, 6.45) is 5.59. The van der Waals surface area contributed by atoms with Crippen LogP contribution >= 0.6 is 0 Å². The molecule has 0 saturated heterocycles. The number of halogens is 2. The molecule has 0 bridgehead atoms. The zero-order chi connectivity index (χ0) is 19.7. The molecular weight excluding hydrogens is 332 g/mol. The summed E-state index contributed by atoms with van der Waals surface area (Å²) in [6.45, 7) is 14.2. The molecule has 0 aliphatic heterocycles. The van der Waals surface area contributed by atoms with E-state index in [1.165, 1.54) is 12.1 Å². The Hall–Kier alpha value is -2.17. The Morgan fingerprint density at radius 2 is 1.92 bits per heavy atom. The van der Waals surface area contributed by atoms with Gasteiger partial charge in [-0.3, -0.25) is 0 Å². The van der Waals surface area contributed by atoms with Gasteiger partial charge in [-0.05, 0) is 38.8 Å². The van der Waals surface area contributed by atoms with Crippen molar-refractivity contribution < 1.29 is 8.78 Å². The number of benzene rings is 1. The molecule has 0 radical (unpaired) electrons. The van der Waals surface area contributed by atoms with Crippen molar-refractivity contribution in [2.45, 2.75) is 59.4 Å². The van der Waals surface area contributed by atoms with Crippen LogP contribution in [0.2, 0.25) is 0 Å². The summed E-state index contributed by atoms with van der Waals surface area (Å²) < 4.78 is 26.7. The second kappa shape index (κ2) is 10.1. The van der Waals surface area contributed by atoms with E-state index in [9.17, 15) is 8.78 Å². The average Bonchev–Trinajstić information content (AvgIpc) is 2.60. The quantitative estimate of drug-likeness (QED) is 0.420. The van der Waals surface area contributed by atoms with Crippen molar-refractivity contribution in [2.24, 2.45) is 4.99 Å². The fraction of sp³-hybridized carbons (Fsp3) is 0.476. The van der Waals surface area contributed by atoms with Gasteiger partial charge in [0, 0.05) is 37.0 Å². The second-order valence-corrected chi connectivity index (χ2v) is 6.46. The molecule has 144 valence electrons. The highest BCUT2D eigenvalue weighted by Gasteiger charge is 2.24. The first-order valence-electron chi connectivity index (χ1n) is 9.14. The van der Waals surface area contributed by atoms with Gasteiger partial charge in [-0.2, -0.15) is 0 Å². The van der Waals surface area contributed by atoms with Gasteiger partial charge >= 0.3 is 0 Å². The number of hydrogen-bond acceptors (Lipinski definition) is 2. The van der Waals surface area contributed by atoms with Crippen molar-refractivity contribution in [1.82, 2.24) is 4.90 Å². The van der Waals surface area contributed by atoms with Crippen LogP contribution < -0.4 is 5.32 Å². The topological polar surface area (TPSA) is 27.6 Å². The smallest absolute Gasteiger partial charge is 0.270 e. The van der Waals surface area contributed by atoms with Crippen LogP contribution in [-0.2, 0) is 5.92 Å². The number of allylic oxidation sites excluding steroid dienone is 1.